The predicted octanol–water partition coefficient (Wildman–Crippen LogP) is 2.06. The Kier molecular flexibility index (Phi) is 7.97. The van der Waals surface area contributed by atoms with E-state index in [1.54, 1.807) is 38.5 Å². The molecule has 0 unspecified atom stereocenters. The van der Waals surface area contributed by atoms with Crippen LogP contribution < -0.4 is 29.8 Å². The molecule has 11 nitrogen and oxygen atoms in total. The number of nitrogens with zero attached hydrogens (tertiary/aromatic N) is 2. The molecule has 0 aliphatic heterocycles. The summed E-state index contributed by atoms with van der Waals surface area (Å²) in [7, 11) is 6.08. The van der Waals surface area contributed by atoms with Crippen molar-refractivity contribution in [3.8, 4) is 34.4 Å². The molecule has 33 heavy (non-hydrogen) atoms. The van der Waals surface area contributed by atoms with Crippen molar-refractivity contribution < 1.29 is 28.5 Å². The molecule has 0 saturated heterocycles. The van der Waals surface area contributed by atoms with E-state index in [-0.39, 0.29) is 11.3 Å². The van der Waals surface area contributed by atoms with E-state index in [0.29, 0.717) is 34.0 Å². The summed E-state index contributed by atoms with van der Waals surface area (Å²) < 4.78 is 20.8. The highest BCUT2D eigenvalue weighted by molar-refractivity contribution is 7.99. The van der Waals surface area contributed by atoms with Gasteiger partial charge in [0.25, 0.3) is 5.91 Å². The maximum absolute atomic E-state index is 12.3. The summed E-state index contributed by atoms with van der Waals surface area (Å²) in [5.74, 6) is 1.66. The van der Waals surface area contributed by atoms with Gasteiger partial charge in [0.1, 0.15) is 23.0 Å². The Morgan fingerprint density at radius 1 is 0.848 bits per heavy atom. The molecule has 3 rings (SSSR count). The average molecular weight is 474 g/mol. The number of hydrogen-bond acceptors (Lipinski definition) is 9. The maximum Gasteiger partial charge on any atom is 0.269 e. The molecule has 0 saturated carbocycles. The Bertz CT molecular complexity index is 1090. The van der Waals surface area contributed by atoms with Gasteiger partial charge in [-0.1, -0.05) is 11.8 Å². The molecule has 174 valence electrons. The van der Waals surface area contributed by atoms with Crippen LogP contribution in [0.5, 0.6) is 23.0 Å². The summed E-state index contributed by atoms with van der Waals surface area (Å²) in [5.41, 5.74) is 5.70. The third kappa shape index (κ3) is 6.29. The van der Waals surface area contributed by atoms with Crippen LogP contribution in [0.15, 0.2) is 41.6 Å². The average Bonchev–Trinajstić information content (AvgIpc) is 3.34. The highest BCUT2D eigenvalue weighted by atomic mass is 32.2. The van der Waals surface area contributed by atoms with E-state index in [1.807, 2.05) is 0 Å². The zero-order valence-electron chi connectivity index (χ0n) is 18.4. The van der Waals surface area contributed by atoms with Crippen LogP contribution in [-0.4, -0.2) is 61.2 Å². The number of hydrogen-bond donors (Lipinski definition) is 3. The Labute approximate surface area is 194 Å². The summed E-state index contributed by atoms with van der Waals surface area (Å²) >= 11 is 1.10. The third-order valence-electron chi connectivity index (χ3n) is 4.35. The first-order valence-corrected chi connectivity index (χ1v) is 10.5. The van der Waals surface area contributed by atoms with E-state index in [1.165, 1.54) is 26.4 Å². The monoisotopic (exact) mass is 473 g/mol. The van der Waals surface area contributed by atoms with Crippen LogP contribution in [0.1, 0.15) is 10.4 Å². The number of ether oxygens (including phenoxy) is 4. The largest absolute Gasteiger partial charge is 0.497 e. The van der Waals surface area contributed by atoms with Gasteiger partial charge in [-0.25, -0.2) is 4.98 Å². The summed E-state index contributed by atoms with van der Waals surface area (Å²) in [6.45, 7) is 0. The molecule has 2 aromatic carbocycles. The Morgan fingerprint density at radius 2 is 1.39 bits per heavy atom. The number of aromatic amines is 1. The van der Waals surface area contributed by atoms with Crippen molar-refractivity contribution in [3.63, 3.8) is 0 Å². The standard InChI is InChI=1S/C21H23N5O6S/c1-29-14-5-12(6-15(9-14)30-2)19-22-21(26-24-19)33-11-18(27)23-25-20(28)13-7-16(31-3)10-17(8-13)32-4/h5-10H,11H2,1-4H3,(H,23,27)(H,25,28)(H,22,24,26). The van der Waals surface area contributed by atoms with Crippen LogP contribution in [-0.2, 0) is 4.79 Å². The predicted molar refractivity (Wildman–Crippen MR) is 121 cm³/mol. The minimum atomic E-state index is -0.516. The lowest BCUT2D eigenvalue weighted by Gasteiger charge is -2.10. The molecule has 0 atom stereocenters. The molecule has 1 heterocycles. The van der Waals surface area contributed by atoms with Gasteiger partial charge >= 0.3 is 0 Å². The minimum Gasteiger partial charge on any atom is -0.497 e. The SMILES string of the molecule is COc1cc(OC)cc(C(=O)NNC(=O)CSc2n[nH]c(-c3cc(OC)cc(OC)c3)n2)c1. The van der Waals surface area contributed by atoms with Gasteiger partial charge in [0.15, 0.2) is 5.82 Å². The molecule has 1 aromatic heterocycles. The summed E-state index contributed by atoms with van der Waals surface area (Å²) in [6.07, 6.45) is 0. The smallest absolute Gasteiger partial charge is 0.269 e. The van der Waals surface area contributed by atoms with E-state index in [9.17, 15) is 9.59 Å². The van der Waals surface area contributed by atoms with E-state index in [0.717, 1.165) is 17.3 Å². The van der Waals surface area contributed by atoms with Gasteiger partial charge in [0.2, 0.25) is 11.1 Å². The number of hydrazine groups is 1. The molecule has 0 bridgehead atoms. The van der Waals surface area contributed by atoms with Crippen LogP contribution in [0.3, 0.4) is 0 Å². The van der Waals surface area contributed by atoms with E-state index < -0.39 is 11.8 Å². The molecule has 0 aliphatic rings. The third-order valence-corrected chi connectivity index (χ3v) is 5.20. The second-order valence-corrected chi connectivity index (χ2v) is 7.40. The van der Waals surface area contributed by atoms with Crippen molar-refractivity contribution >= 4 is 23.6 Å². The van der Waals surface area contributed by atoms with E-state index in [2.05, 4.69) is 26.0 Å². The highest BCUT2D eigenvalue weighted by Gasteiger charge is 2.13. The first-order chi connectivity index (χ1) is 15.9. The lowest BCUT2D eigenvalue weighted by Crippen LogP contribution is -2.42. The van der Waals surface area contributed by atoms with Gasteiger partial charge in [-0.15, -0.1) is 5.10 Å². The molecular weight excluding hydrogens is 450 g/mol. The van der Waals surface area contributed by atoms with Crippen molar-refractivity contribution in [3.05, 3.63) is 42.0 Å². The van der Waals surface area contributed by atoms with Gasteiger partial charge in [-0.05, 0) is 24.3 Å². The van der Waals surface area contributed by atoms with E-state index >= 15 is 0 Å². The first-order valence-electron chi connectivity index (χ1n) is 9.56. The fraction of sp³-hybridized carbons (Fsp3) is 0.238. The van der Waals surface area contributed by atoms with E-state index in [4.69, 9.17) is 18.9 Å². The maximum atomic E-state index is 12.3. The number of carbonyl (C=O) groups excluding carboxylic acids is 2. The van der Waals surface area contributed by atoms with Crippen LogP contribution in [0.25, 0.3) is 11.4 Å². The van der Waals surface area contributed by atoms with Crippen LogP contribution in [0.4, 0.5) is 0 Å². The van der Waals surface area contributed by atoms with Crippen molar-refractivity contribution in [2.45, 2.75) is 5.16 Å². The van der Waals surface area contributed by atoms with Crippen molar-refractivity contribution in [1.82, 2.24) is 26.0 Å². The molecule has 0 fully saturated rings. The number of amides is 2. The Morgan fingerprint density at radius 3 is 1.94 bits per heavy atom. The summed E-state index contributed by atoms with van der Waals surface area (Å²) in [6, 6.07) is 10.0. The van der Waals surface area contributed by atoms with Crippen molar-refractivity contribution in [2.24, 2.45) is 0 Å². The molecular formula is C21H23N5O6S. The molecule has 12 heteroatoms. The quantitative estimate of drug-likeness (QED) is 0.315. The molecule has 3 aromatic rings. The Hall–Kier alpha value is -3.93. The van der Waals surface area contributed by atoms with Crippen molar-refractivity contribution in [2.75, 3.05) is 34.2 Å². The van der Waals surface area contributed by atoms with Crippen LogP contribution >= 0.6 is 11.8 Å². The van der Waals surface area contributed by atoms with Crippen LogP contribution in [0.2, 0.25) is 0 Å². The normalized spacial score (nSPS) is 10.3. The molecule has 0 aliphatic carbocycles. The number of aromatic nitrogens is 3. The fourth-order valence-corrected chi connectivity index (χ4v) is 3.29. The molecule has 3 N–H and O–H groups in total. The lowest BCUT2D eigenvalue weighted by atomic mass is 10.2. The summed E-state index contributed by atoms with van der Waals surface area (Å²) in [5, 5.41) is 7.30. The first kappa shape index (κ1) is 23.7. The number of rotatable bonds is 9. The fourth-order valence-electron chi connectivity index (χ4n) is 2.69. The zero-order chi connectivity index (χ0) is 23.8. The molecule has 0 spiro atoms. The van der Waals surface area contributed by atoms with Gasteiger partial charge in [-0.2, -0.15) is 0 Å². The van der Waals surface area contributed by atoms with Gasteiger partial charge in [0, 0.05) is 23.3 Å². The van der Waals surface area contributed by atoms with Gasteiger partial charge in [-0.3, -0.25) is 25.5 Å². The summed E-state index contributed by atoms with van der Waals surface area (Å²) in [4.78, 5) is 28.9. The number of thioether (sulfide) groups is 1. The number of nitrogens with one attached hydrogen (secondary N) is 3. The molecule has 2 amide bonds. The zero-order valence-corrected chi connectivity index (χ0v) is 19.2. The lowest BCUT2D eigenvalue weighted by molar-refractivity contribution is -0.119. The Balaban J connectivity index is 1.55. The highest BCUT2D eigenvalue weighted by Crippen LogP contribution is 2.28. The number of benzene rings is 2. The van der Waals surface area contributed by atoms with Crippen molar-refractivity contribution in [1.29, 1.82) is 0 Å². The second kappa shape index (κ2) is 11.1. The minimum absolute atomic E-state index is 0.0135. The van der Waals surface area contributed by atoms with Gasteiger partial charge < -0.3 is 18.9 Å². The van der Waals surface area contributed by atoms with Crippen LogP contribution in [0, 0.1) is 0 Å². The second-order valence-electron chi connectivity index (χ2n) is 6.46. The number of H-pyrrole nitrogens is 1. The number of methoxy groups -OCH3 is 4. The topological polar surface area (TPSA) is 137 Å². The molecule has 0 radical (unpaired) electrons. The number of carbonyl (C=O) groups is 2. The van der Waals surface area contributed by atoms with Gasteiger partial charge in [0.05, 0.1) is 34.2 Å².